The van der Waals surface area contributed by atoms with Gasteiger partial charge in [-0.05, 0) is 24.0 Å². The van der Waals surface area contributed by atoms with E-state index in [1.54, 1.807) is 4.90 Å². The van der Waals surface area contributed by atoms with E-state index in [1.807, 2.05) is 4.90 Å². The molecule has 2 rings (SSSR count). The van der Waals surface area contributed by atoms with Crippen molar-refractivity contribution in [1.29, 1.82) is 0 Å². The van der Waals surface area contributed by atoms with E-state index in [2.05, 4.69) is 31.2 Å². The monoisotopic (exact) mass is 274 g/mol. The van der Waals surface area contributed by atoms with Gasteiger partial charge in [-0.1, -0.05) is 31.2 Å². The Kier molecular flexibility index (Phi) is 5.16. The Morgan fingerprint density at radius 2 is 1.70 bits per heavy atom. The molecule has 1 saturated heterocycles. The molecule has 0 atom stereocenters. The molecule has 2 amide bonds. The maximum atomic E-state index is 12.1. The average molecular weight is 274 g/mol. The summed E-state index contributed by atoms with van der Waals surface area (Å²) in [5, 5.41) is 0. The van der Waals surface area contributed by atoms with Crippen molar-refractivity contribution >= 4 is 12.3 Å². The molecule has 0 spiro atoms. The second-order valence-electron chi connectivity index (χ2n) is 5.19. The first-order chi connectivity index (χ1) is 9.72. The van der Waals surface area contributed by atoms with Crippen molar-refractivity contribution < 1.29 is 9.59 Å². The van der Waals surface area contributed by atoms with Gasteiger partial charge in [0.25, 0.3) is 0 Å². The summed E-state index contributed by atoms with van der Waals surface area (Å²) in [6.07, 6.45) is 3.24. The lowest BCUT2D eigenvalue weighted by Crippen LogP contribution is -2.48. The lowest BCUT2D eigenvalue weighted by Gasteiger charge is -2.32. The highest BCUT2D eigenvalue weighted by molar-refractivity contribution is 5.76. The van der Waals surface area contributed by atoms with E-state index in [0.29, 0.717) is 32.6 Å². The van der Waals surface area contributed by atoms with Crippen molar-refractivity contribution in [3.63, 3.8) is 0 Å². The van der Waals surface area contributed by atoms with Crippen LogP contribution < -0.4 is 0 Å². The molecule has 1 fully saturated rings. The maximum absolute atomic E-state index is 12.1. The fraction of sp³-hybridized carbons (Fsp3) is 0.500. The van der Waals surface area contributed by atoms with Crippen LogP contribution in [-0.4, -0.2) is 48.3 Å². The van der Waals surface area contributed by atoms with Gasteiger partial charge in [-0.15, -0.1) is 0 Å². The summed E-state index contributed by atoms with van der Waals surface area (Å²) >= 11 is 0. The van der Waals surface area contributed by atoms with E-state index in [9.17, 15) is 9.59 Å². The third-order valence-electron chi connectivity index (χ3n) is 3.87. The molecule has 0 aromatic heterocycles. The fourth-order valence-electron chi connectivity index (χ4n) is 2.43. The van der Waals surface area contributed by atoms with Gasteiger partial charge in [-0.2, -0.15) is 0 Å². The van der Waals surface area contributed by atoms with Crippen LogP contribution >= 0.6 is 0 Å². The fourth-order valence-corrected chi connectivity index (χ4v) is 2.43. The minimum Gasteiger partial charge on any atom is -0.342 e. The van der Waals surface area contributed by atoms with Gasteiger partial charge in [0.2, 0.25) is 12.3 Å². The predicted molar refractivity (Wildman–Crippen MR) is 78.4 cm³/mol. The Labute approximate surface area is 120 Å². The molecule has 0 radical (unpaired) electrons. The third kappa shape index (κ3) is 3.83. The van der Waals surface area contributed by atoms with Gasteiger partial charge in [0.15, 0.2) is 0 Å². The molecule has 1 aromatic rings. The highest BCUT2D eigenvalue weighted by Crippen LogP contribution is 2.09. The third-order valence-corrected chi connectivity index (χ3v) is 3.87. The molecule has 108 valence electrons. The first-order valence-electron chi connectivity index (χ1n) is 7.28. The van der Waals surface area contributed by atoms with Crippen molar-refractivity contribution in [3.8, 4) is 0 Å². The van der Waals surface area contributed by atoms with Crippen molar-refractivity contribution in [2.45, 2.75) is 26.2 Å². The number of carbonyl (C=O) groups excluding carboxylic acids is 2. The van der Waals surface area contributed by atoms with E-state index in [1.165, 1.54) is 11.1 Å². The summed E-state index contributed by atoms with van der Waals surface area (Å²) in [6, 6.07) is 8.47. The zero-order valence-corrected chi connectivity index (χ0v) is 12.0. The van der Waals surface area contributed by atoms with Crippen LogP contribution in [0.25, 0.3) is 0 Å². The molecule has 1 aliphatic heterocycles. The van der Waals surface area contributed by atoms with Crippen LogP contribution in [0.2, 0.25) is 0 Å². The van der Waals surface area contributed by atoms with Crippen molar-refractivity contribution in [1.82, 2.24) is 9.80 Å². The molecular weight excluding hydrogens is 252 g/mol. The minimum atomic E-state index is 0.190. The van der Waals surface area contributed by atoms with Crippen molar-refractivity contribution in [3.05, 3.63) is 35.4 Å². The summed E-state index contributed by atoms with van der Waals surface area (Å²) in [5.74, 6) is 0.190. The predicted octanol–water partition coefficient (Wildman–Crippen LogP) is 1.48. The van der Waals surface area contributed by atoms with Crippen molar-refractivity contribution in [2.75, 3.05) is 26.2 Å². The quantitative estimate of drug-likeness (QED) is 0.763. The Balaban J connectivity index is 1.78. The topological polar surface area (TPSA) is 40.6 Å². The van der Waals surface area contributed by atoms with Gasteiger partial charge in [0, 0.05) is 32.6 Å². The number of aryl methyl sites for hydroxylation is 2. The summed E-state index contributed by atoms with van der Waals surface area (Å²) < 4.78 is 0. The van der Waals surface area contributed by atoms with Crippen LogP contribution in [0.5, 0.6) is 0 Å². The number of rotatable bonds is 5. The smallest absolute Gasteiger partial charge is 0.223 e. The molecule has 4 heteroatoms. The molecule has 1 aliphatic rings. The van der Waals surface area contributed by atoms with Crippen LogP contribution in [0.4, 0.5) is 0 Å². The summed E-state index contributed by atoms with van der Waals surface area (Å²) in [4.78, 5) is 26.3. The number of benzene rings is 1. The van der Waals surface area contributed by atoms with Gasteiger partial charge in [0.1, 0.15) is 0 Å². The standard InChI is InChI=1S/C16H22N2O2/c1-2-14-3-5-15(6-4-14)7-8-16(20)18-11-9-17(13-19)10-12-18/h3-6,13H,2,7-12H2,1H3. The van der Waals surface area contributed by atoms with Crippen molar-refractivity contribution in [2.24, 2.45) is 0 Å². The number of piperazine rings is 1. The Morgan fingerprint density at radius 3 is 2.25 bits per heavy atom. The van der Waals surface area contributed by atoms with Crippen LogP contribution in [-0.2, 0) is 22.4 Å². The van der Waals surface area contributed by atoms with Crippen LogP contribution in [0.15, 0.2) is 24.3 Å². The molecule has 0 aliphatic carbocycles. The zero-order chi connectivity index (χ0) is 14.4. The van der Waals surface area contributed by atoms with Gasteiger partial charge in [0.05, 0.1) is 0 Å². The maximum Gasteiger partial charge on any atom is 0.223 e. The van der Waals surface area contributed by atoms with Gasteiger partial charge < -0.3 is 9.80 Å². The van der Waals surface area contributed by atoms with Gasteiger partial charge >= 0.3 is 0 Å². The van der Waals surface area contributed by atoms with Crippen LogP contribution in [0, 0.1) is 0 Å². The summed E-state index contributed by atoms with van der Waals surface area (Å²) in [7, 11) is 0. The Morgan fingerprint density at radius 1 is 1.10 bits per heavy atom. The largest absolute Gasteiger partial charge is 0.342 e. The first-order valence-corrected chi connectivity index (χ1v) is 7.28. The van der Waals surface area contributed by atoms with E-state index in [0.717, 1.165) is 19.3 Å². The second kappa shape index (κ2) is 7.08. The van der Waals surface area contributed by atoms with E-state index < -0.39 is 0 Å². The highest BCUT2D eigenvalue weighted by atomic mass is 16.2. The van der Waals surface area contributed by atoms with E-state index in [-0.39, 0.29) is 5.91 Å². The minimum absolute atomic E-state index is 0.190. The summed E-state index contributed by atoms with van der Waals surface area (Å²) in [6.45, 7) is 4.76. The Hall–Kier alpha value is -1.84. The number of hydrogen-bond donors (Lipinski definition) is 0. The highest BCUT2D eigenvalue weighted by Gasteiger charge is 2.19. The average Bonchev–Trinajstić information content (AvgIpc) is 2.53. The molecule has 4 nitrogen and oxygen atoms in total. The number of nitrogens with zero attached hydrogens (tertiary/aromatic N) is 2. The first kappa shape index (κ1) is 14.6. The molecule has 0 unspecified atom stereocenters. The molecule has 0 bridgehead atoms. The molecule has 0 saturated carbocycles. The van der Waals surface area contributed by atoms with Crippen LogP contribution in [0.1, 0.15) is 24.5 Å². The normalized spacial score (nSPS) is 15.2. The van der Waals surface area contributed by atoms with E-state index in [4.69, 9.17) is 0 Å². The molecular formula is C16H22N2O2. The molecule has 1 heterocycles. The van der Waals surface area contributed by atoms with E-state index >= 15 is 0 Å². The molecule has 1 aromatic carbocycles. The lowest BCUT2D eigenvalue weighted by molar-refractivity contribution is -0.135. The van der Waals surface area contributed by atoms with Gasteiger partial charge in [-0.25, -0.2) is 0 Å². The number of hydrogen-bond acceptors (Lipinski definition) is 2. The second-order valence-corrected chi connectivity index (χ2v) is 5.19. The molecule has 20 heavy (non-hydrogen) atoms. The zero-order valence-electron chi connectivity index (χ0n) is 12.0. The Bertz CT molecular complexity index is 448. The molecule has 0 N–H and O–H groups in total. The lowest BCUT2D eigenvalue weighted by atomic mass is 10.1. The number of amides is 2. The number of carbonyl (C=O) groups is 2. The SMILES string of the molecule is CCc1ccc(CCC(=O)N2CCN(C=O)CC2)cc1. The van der Waals surface area contributed by atoms with Crippen LogP contribution in [0.3, 0.4) is 0 Å². The summed E-state index contributed by atoms with van der Waals surface area (Å²) in [5.41, 5.74) is 2.53. The van der Waals surface area contributed by atoms with Gasteiger partial charge in [-0.3, -0.25) is 9.59 Å².